The Morgan fingerprint density at radius 3 is 2.38 bits per heavy atom. The van der Waals surface area contributed by atoms with Gasteiger partial charge in [0.15, 0.2) is 17.3 Å². The van der Waals surface area contributed by atoms with Gasteiger partial charge in [0.2, 0.25) is 0 Å². The largest absolute Gasteiger partial charge is 0.490 e. The number of rotatable bonds is 9. The van der Waals surface area contributed by atoms with Gasteiger partial charge in [-0.05, 0) is 84.4 Å². The quantitative estimate of drug-likeness (QED) is 0.193. The van der Waals surface area contributed by atoms with Crippen LogP contribution in [0.15, 0.2) is 65.6 Å². The molecule has 1 saturated heterocycles. The van der Waals surface area contributed by atoms with E-state index in [-0.39, 0.29) is 23.8 Å². The Labute approximate surface area is 233 Å². The van der Waals surface area contributed by atoms with Crippen LogP contribution in [0, 0.1) is 0 Å². The van der Waals surface area contributed by atoms with Crippen LogP contribution in [0.5, 0.6) is 11.5 Å². The number of carbonyl (C=O) groups is 3. The third kappa shape index (κ3) is 6.67. The first kappa shape index (κ1) is 27.1. The van der Waals surface area contributed by atoms with Crippen LogP contribution in [0.2, 0.25) is 15.1 Å². The Bertz CT molecular complexity index is 1390. The van der Waals surface area contributed by atoms with E-state index in [0.29, 0.717) is 44.3 Å². The van der Waals surface area contributed by atoms with Crippen molar-refractivity contribution < 1.29 is 23.9 Å². The zero-order valence-electron chi connectivity index (χ0n) is 19.5. The fourth-order valence-electron chi connectivity index (χ4n) is 3.45. The molecule has 0 bridgehead atoms. The maximum absolute atomic E-state index is 12.9. The number of ether oxygens (including phenoxy) is 2. The molecule has 37 heavy (non-hydrogen) atoms. The lowest BCUT2D eigenvalue weighted by atomic mass is 10.1. The molecule has 2 amide bonds. The molecule has 6 nitrogen and oxygen atoms in total. The molecule has 0 atom stereocenters. The van der Waals surface area contributed by atoms with Crippen molar-refractivity contribution in [1.82, 2.24) is 4.90 Å². The molecular formula is C27H20Cl3NO5S. The number of halogens is 3. The van der Waals surface area contributed by atoms with Gasteiger partial charge in [0.05, 0.1) is 28.1 Å². The van der Waals surface area contributed by atoms with E-state index in [4.69, 9.17) is 44.3 Å². The molecule has 1 fully saturated rings. The summed E-state index contributed by atoms with van der Waals surface area (Å²) >= 11 is 18.7. The predicted molar refractivity (Wildman–Crippen MR) is 147 cm³/mol. The third-order valence-corrected chi connectivity index (χ3v) is 7.18. The molecule has 0 unspecified atom stereocenters. The fraction of sp³-hybridized carbons (Fsp3) is 0.148. The third-order valence-electron chi connectivity index (χ3n) is 5.29. The molecule has 3 aromatic carbocycles. The van der Waals surface area contributed by atoms with Crippen LogP contribution in [0.3, 0.4) is 0 Å². The van der Waals surface area contributed by atoms with Crippen molar-refractivity contribution in [1.29, 1.82) is 0 Å². The molecule has 0 N–H and O–H groups in total. The molecule has 1 aliphatic heterocycles. The zero-order chi connectivity index (χ0) is 26.5. The van der Waals surface area contributed by atoms with Crippen molar-refractivity contribution in [3.63, 3.8) is 0 Å². The average molecular weight is 577 g/mol. The smallest absolute Gasteiger partial charge is 0.293 e. The van der Waals surface area contributed by atoms with Crippen molar-refractivity contribution in [3.8, 4) is 11.5 Å². The molecule has 1 aliphatic rings. The molecule has 10 heteroatoms. The van der Waals surface area contributed by atoms with Crippen molar-refractivity contribution in [3.05, 3.63) is 97.3 Å². The van der Waals surface area contributed by atoms with Crippen molar-refractivity contribution in [2.45, 2.75) is 13.5 Å². The fourth-order valence-corrected chi connectivity index (χ4v) is 4.74. The van der Waals surface area contributed by atoms with Gasteiger partial charge in [-0.15, -0.1) is 0 Å². The van der Waals surface area contributed by atoms with Gasteiger partial charge >= 0.3 is 0 Å². The number of hydrogen-bond acceptors (Lipinski definition) is 6. The van der Waals surface area contributed by atoms with Crippen LogP contribution in [-0.2, 0) is 11.4 Å². The normalized spacial score (nSPS) is 14.4. The molecule has 190 valence electrons. The molecule has 4 rings (SSSR count). The molecule has 0 saturated carbocycles. The van der Waals surface area contributed by atoms with Crippen molar-refractivity contribution in [2.75, 3.05) is 13.2 Å². The molecule has 0 aliphatic carbocycles. The van der Waals surface area contributed by atoms with Crippen LogP contribution in [-0.4, -0.2) is 35.0 Å². The number of Topliss-reactive ketones (excluding diaryl/α,β-unsaturated/α-hetero) is 1. The van der Waals surface area contributed by atoms with Gasteiger partial charge in [-0.3, -0.25) is 19.3 Å². The van der Waals surface area contributed by atoms with Gasteiger partial charge < -0.3 is 9.47 Å². The van der Waals surface area contributed by atoms with Crippen LogP contribution >= 0.6 is 46.6 Å². The second kappa shape index (κ2) is 12.0. The topological polar surface area (TPSA) is 72.9 Å². The molecular weight excluding hydrogens is 557 g/mol. The first-order valence-electron chi connectivity index (χ1n) is 11.1. The number of amides is 2. The Morgan fingerprint density at radius 2 is 1.68 bits per heavy atom. The number of carbonyl (C=O) groups excluding carboxylic acids is 3. The van der Waals surface area contributed by atoms with Gasteiger partial charge in [0.1, 0.15) is 6.61 Å². The van der Waals surface area contributed by atoms with Crippen LogP contribution < -0.4 is 9.47 Å². The lowest BCUT2D eigenvalue weighted by molar-refractivity contribution is -0.122. The van der Waals surface area contributed by atoms with Gasteiger partial charge in [0, 0.05) is 10.6 Å². The number of ketones is 1. The number of thioether (sulfide) groups is 1. The summed E-state index contributed by atoms with van der Waals surface area (Å²) in [6.45, 7) is 2.14. The lowest BCUT2D eigenvalue weighted by Crippen LogP contribution is -2.33. The zero-order valence-corrected chi connectivity index (χ0v) is 22.6. The number of nitrogens with zero attached hydrogens (tertiary/aromatic N) is 1. The maximum Gasteiger partial charge on any atom is 0.293 e. The van der Waals surface area contributed by atoms with Gasteiger partial charge in [0.25, 0.3) is 11.1 Å². The van der Waals surface area contributed by atoms with E-state index in [9.17, 15) is 14.4 Å². The highest BCUT2D eigenvalue weighted by Gasteiger charge is 2.36. The second-order valence-electron chi connectivity index (χ2n) is 7.87. The first-order valence-corrected chi connectivity index (χ1v) is 13.1. The van der Waals surface area contributed by atoms with E-state index < -0.39 is 11.1 Å². The standard InChI is InChI=1S/C27H20Cl3NO5S/c1-2-35-24-12-16(4-10-23(24)36-15-17-3-9-20(29)21(30)11-17)13-25-26(33)31(27(34)37-25)14-22(32)18-5-7-19(28)8-6-18/h3-13H,2,14-15H2,1H3/b25-13+. The molecule has 0 spiro atoms. The molecule has 1 heterocycles. The summed E-state index contributed by atoms with van der Waals surface area (Å²) in [6.07, 6.45) is 1.59. The van der Waals surface area contributed by atoms with E-state index in [1.54, 1.807) is 60.7 Å². The van der Waals surface area contributed by atoms with E-state index >= 15 is 0 Å². The summed E-state index contributed by atoms with van der Waals surface area (Å²) in [5, 5.41) is 0.878. The van der Waals surface area contributed by atoms with Crippen LogP contribution in [0.1, 0.15) is 28.4 Å². The van der Waals surface area contributed by atoms with E-state index in [1.807, 2.05) is 13.0 Å². The second-order valence-corrected chi connectivity index (χ2v) is 10.1. The average Bonchev–Trinajstić information content (AvgIpc) is 3.13. The predicted octanol–water partition coefficient (Wildman–Crippen LogP) is 7.54. The van der Waals surface area contributed by atoms with Gasteiger partial charge in [-0.2, -0.15) is 0 Å². The minimum atomic E-state index is -0.532. The van der Waals surface area contributed by atoms with Crippen LogP contribution in [0.25, 0.3) is 6.08 Å². The molecule has 0 radical (unpaired) electrons. The number of benzene rings is 3. The summed E-state index contributed by atoms with van der Waals surface area (Å²) in [6, 6.07) is 16.7. The minimum absolute atomic E-state index is 0.209. The highest BCUT2D eigenvalue weighted by molar-refractivity contribution is 8.18. The summed E-state index contributed by atoms with van der Waals surface area (Å²) < 4.78 is 11.6. The van der Waals surface area contributed by atoms with E-state index in [0.717, 1.165) is 22.2 Å². The Kier molecular flexibility index (Phi) is 8.82. The number of imide groups is 1. The van der Waals surface area contributed by atoms with E-state index in [2.05, 4.69) is 0 Å². The minimum Gasteiger partial charge on any atom is -0.490 e. The first-order chi connectivity index (χ1) is 17.7. The maximum atomic E-state index is 12.9. The van der Waals surface area contributed by atoms with Crippen LogP contribution in [0.4, 0.5) is 4.79 Å². The van der Waals surface area contributed by atoms with Crippen molar-refractivity contribution >= 4 is 69.6 Å². The van der Waals surface area contributed by atoms with E-state index in [1.165, 1.54) is 0 Å². The monoisotopic (exact) mass is 575 g/mol. The Hall–Kier alpha value is -2.97. The highest BCUT2D eigenvalue weighted by atomic mass is 35.5. The highest BCUT2D eigenvalue weighted by Crippen LogP contribution is 2.35. The molecule has 0 aromatic heterocycles. The summed E-state index contributed by atoms with van der Waals surface area (Å²) in [7, 11) is 0. The van der Waals surface area contributed by atoms with Crippen molar-refractivity contribution in [2.24, 2.45) is 0 Å². The summed E-state index contributed by atoms with van der Waals surface area (Å²) in [4.78, 5) is 39.1. The Balaban J connectivity index is 1.48. The Morgan fingerprint density at radius 1 is 0.919 bits per heavy atom. The summed E-state index contributed by atoms with van der Waals surface area (Å²) in [5.74, 6) is 0.0951. The van der Waals surface area contributed by atoms with Gasteiger partial charge in [-0.1, -0.05) is 46.9 Å². The van der Waals surface area contributed by atoms with Gasteiger partial charge in [-0.25, -0.2) is 0 Å². The molecule has 3 aromatic rings. The lowest BCUT2D eigenvalue weighted by Gasteiger charge is -2.13. The number of hydrogen-bond donors (Lipinski definition) is 0. The SMILES string of the molecule is CCOc1cc(/C=C2/SC(=O)N(CC(=O)c3ccc(Cl)cc3)C2=O)ccc1OCc1ccc(Cl)c(Cl)c1. The summed E-state index contributed by atoms with van der Waals surface area (Å²) in [5.41, 5.74) is 1.84.